The summed E-state index contributed by atoms with van der Waals surface area (Å²) < 4.78 is 1.65. The number of aromatic hydroxyl groups is 1. The molecule has 0 unspecified atom stereocenters. The lowest BCUT2D eigenvalue weighted by molar-refractivity contribution is -0.142. The Balaban J connectivity index is 2.35. The van der Waals surface area contributed by atoms with Gasteiger partial charge >= 0.3 is 5.97 Å². The molecule has 6 nitrogen and oxygen atoms in total. The Hall–Kier alpha value is -2.34. The van der Waals surface area contributed by atoms with Gasteiger partial charge in [-0.2, -0.15) is 0 Å². The number of carboxylic acid groups (broad SMARTS) is 1. The number of phenolic OH excluding ortho intramolecular Hbond substituents is 1. The predicted octanol–water partition coefficient (Wildman–Crippen LogP) is 0.922. The zero-order chi connectivity index (χ0) is 14.0. The normalized spacial score (nSPS) is 14.0. The van der Waals surface area contributed by atoms with Crippen molar-refractivity contribution in [1.82, 2.24) is 9.55 Å². The minimum absolute atomic E-state index is 0.0933. The van der Waals surface area contributed by atoms with E-state index in [4.69, 9.17) is 10.8 Å². The third-order valence-electron chi connectivity index (χ3n) is 2.88. The van der Waals surface area contributed by atoms with E-state index in [1.54, 1.807) is 35.4 Å². The maximum absolute atomic E-state index is 11.0. The van der Waals surface area contributed by atoms with Crippen molar-refractivity contribution in [2.45, 2.75) is 18.9 Å². The highest BCUT2D eigenvalue weighted by Gasteiger charge is 2.28. The minimum Gasteiger partial charge on any atom is -0.506 e. The van der Waals surface area contributed by atoms with Crippen LogP contribution < -0.4 is 5.73 Å². The van der Waals surface area contributed by atoms with Crippen LogP contribution in [0.4, 0.5) is 0 Å². The lowest BCUT2D eigenvalue weighted by atomic mass is 9.94. The van der Waals surface area contributed by atoms with Crippen molar-refractivity contribution in [3.05, 3.63) is 42.5 Å². The monoisotopic (exact) mass is 261 g/mol. The van der Waals surface area contributed by atoms with E-state index in [0.717, 1.165) is 5.56 Å². The van der Waals surface area contributed by atoms with Crippen LogP contribution in [0.5, 0.6) is 5.75 Å². The van der Waals surface area contributed by atoms with Crippen molar-refractivity contribution >= 4 is 5.97 Å². The van der Waals surface area contributed by atoms with Gasteiger partial charge in [0.25, 0.3) is 0 Å². The number of hydrogen-bond donors (Lipinski definition) is 3. The molecule has 6 heteroatoms. The number of aromatic nitrogens is 2. The molecule has 100 valence electrons. The standard InChI is InChI=1S/C13H15N3O3/c1-13(14,12(18)19)7-9-2-3-11(17)10(6-9)16-5-4-15-8-16/h2-6,8,17H,7,14H2,1H3,(H,18,19)/t13-/m1/s1. The van der Waals surface area contributed by atoms with E-state index in [1.165, 1.54) is 13.0 Å². The summed E-state index contributed by atoms with van der Waals surface area (Å²) in [6, 6.07) is 4.87. The van der Waals surface area contributed by atoms with Gasteiger partial charge in [0.1, 0.15) is 11.3 Å². The molecule has 2 rings (SSSR count). The second kappa shape index (κ2) is 4.74. The fourth-order valence-corrected chi connectivity index (χ4v) is 1.79. The van der Waals surface area contributed by atoms with Gasteiger partial charge in [0.15, 0.2) is 0 Å². The maximum Gasteiger partial charge on any atom is 0.323 e. The molecule has 2 aromatic rings. The van der Waals surface area contributed by atoms with Gasteiger partial charge in [0, 0.05) is 18.8 Å². The van der Waals surface area contributed by atoms with Crippen molar-refractivity contribution < 1.29 is 15.0 Å². The molecular weight excluding hydrogens is 246 g/mol. The van der Waals surface area contributed by atoms with Gasteiger partial charge in [-0.05, 0) is 24.6 Å². The van der Waals surface area contributed by atoms with Crippen molar-refractivity contribution in [2.75, 3.05) is 0 Å². The van der Waals surface area contributed by atoms with Crippen LogP contribution in [-0.2, 0) is 11.2 Å². The van der Waals surface area contributed by atoms with E-state index < -0.39 is 11.5 Å². The second-order valence-electron chi connectivity index (χ2n) is 4.69. The molecule has 1 aromatic heterocycles. The van der Waals surface area contributed by atoms with Gasteiger partial charge in [-0.25, -0.2) is 4.98 Å². The van der Waals surface area contributed by atoms with Crippen molar-refractivity contribution in [3.63, 3.8) is 0 Å². The molecular formula is C13H15N3O3. The van der Waals surface area contributed by atoms with Gasteiger partial charge in [-0.1, -0.05) is 6.07 Å². The third kappa shape index (κ3) is 2.74. The van der Waals surface area contributed by atoms with E-state index in [-0.39, 0.29) is 12.2 Å². The number of rotatable bonds is 4. The van der Waals surface area contributed by atoms with Crippen molar-refractivity contribution in [3.8, 4) is 11.4 Å². The molecule has 19 heavy (non-hydrogen) atoms. The molecule has 0 radical (unpaired) electrons. The van der Waals surface area contributed by atoms with E-state index in [1.807, 2.05) is 0 Å². The molecule has 1 heterocycles. The Morgan fingerprint density at radius 3 is 2.84 bits per heavy atom. The van der Waals surface area contributed by atoms with Gasteiger partial charge in [0.05, 0.1) is 12.0 Å². The molecule has 4 N–H and O–H groups in total. The highest BCUT2D eigenvalue weighted by Crippen LogP contribution is 2.24. The van der Waals surface area contributed by atoms with Crippen LogP contribution in [0.15, 0.2) is 36.9 Å². The first kappa shape index (κ1) is 13.1. The Bertz CT molecular complexity index is 591. The highest BCUT2D eigenvalue weighted by atomic mass is 16.4. The van der Waals surface area contributed by atoms with Crippen molar-refractivity contribution in [1.29, 1.82) is 0 Å². The number of aliphatic carboxylic acids is 1. The largest absolute Gasteiger partial charge is 0.506 e. The summed E-state index contributed by atoms with van der Waals surface area (Å²) in [5, 5.41) is 18.8. The fourth-order valence-electron chi connectivity index (χ4n) is 1.79. The molecule has 0 spiro atoms. The van der Waals surface area contributed by atoms with Crippen LogP contribution in [-0.4, -0.2) is 31.3 Å². The maximum atomic E-state index is 11.0. The zero-order valence-electron chi connectivity index (χ0n) is 10.4. The average Bonchev–Trinajstić information content (AvgIpc) is 2.84. The first-order chi connectivity index (χ1) is 8.90. The van der Waals surface area contributed by atoms with E-state index in [2.05, 4.69) is 4.98 Å². The van der Waals surface area contributed by atoms with Crippen LogP contribution in [0, 0.1) is 0 Å². The van der Waals surface area contributed by atoms with Crippen LogP contribution in [0.1, 0.15) is 12.5 Å². The summed E-state index contributed by atoms with van der Waals surface area (Å²) in [6.07, 6.45) is 5.01. The quantitative estimate of drug-likeness (QED) is 0.759. The zero-order valence-corrected chi connectivity index (χ0v) is 10.4. The molecule has 0 aliphatic heterocycles. The van der Waals surface area contributed by atoms with Gasteiger partial charge in [-0.15, -0.1) is 0 Å². The fraction of sp³-hybridized carbons (Fsp3) is 0.231. The van der Waals surface area contributed by atoms with Crippen LogP contribution in [0.3, 0.4) is 0 Å². The second-order valence-corrected chi connectivity index (χ2v) is 4.69. The molecule has 0 fully saturated rings. The summed E-state index contributed by atoms with van der Waals surface area (Å²) in [6.45, 7) is 1.46. The topological polar surface area (TPSA) is 101 Å². The summed E-state index contributed by atoms with van der Waals surface area (Å²) in [4.78, 5) is 14.9. The summed E-state index contributed by atoms with van der Waals surface area (Å²) in [7, 11) is 0. The summed E-state index contributed by atoms with van der Waals surface area (Å²) >= 11 is 0. The number of carboxylic acids is 1. The molecule has 0 amide bonds. The Morgan fingerprint density at radius 2 is 2.26 bits per heavy atom. The van der Waals surface area contributed by atoms with Gasteiger partial charge in [0.2, 0.25) is 0 Å². The molecule has 0 saturated heterocycles. The number of phenols is 1. The average molecular weight is 261 g/mol. The Morgan fingerprint density at radius 1 is 1.53 bits per heavy atom. The van der Waals surface area contributed by atoms with Crippen LogP contribution in [0.25, 0.3) is 5.69 Å². The number of imidazole rings is 1. The Labute approximate surface area is 110 Å². The molecule has 0 aliphatic carbocycles. The molecule has 0 aliphatic rings. The molecule has 1 atom stereocenters. The number of carbonyl (C=O) groups is 1. The van der Waals surface area contributed by atoms with E-state index in [0.29, 0.717) is 5.69 Å². The van der Waals surface area contributed by atoms with Crippen molar-refractivity contribution in [2.24, 2.45) is 5.73 Å². The number of hydrogen-bond acceptors (Lipinski definition) is 4. The lowest BCUT2D eigenvalue weighted by Gasteiger charge is -2.19. The third-order valence-corrected chi connectivity index (χ3v) is 2.88. The highest BCUT2D eigenvalue weighted by molar-refractivity contribution is 5.78. The minimum atomic E-state index is -1.34. The van der Waals surface area contributed by atoms with Gasteiger partial charge < -0.3 is 20.5 Å². The summed E-state index contributed by atoms with van der Waals surface area (Å²) in [5.74, 6) is -0.972. The molecule has 0 bridgehead atoms. The number of nitrogens with zero attached hydrogens (tertiary/aromatic N) is 2. The number of nitrogens with two attached hydrogens (primary N) is 1. The lowest BCUT2D eigenvalue weighted by Crippen LogP contribution is -2.46. The Kier molecular flexibility index (Phi) is 3.26. The van der Waals surface area contributed by atoms with Gasteiger partial charge in [-0.3, -0.25) is 4.79 Å². The predicted molar refractivity (Wildman–Crippen MR) is 69.2 cm³/mol. The first-order valence-electron chi connectivity index (χ1n) is 5.72. The van der Waals surface area contributed by atoms with Crippen LogP contribution in [0.2, 0.25) is 0 Å². The van der Waals surface area contributed by atoms with E-state index >= 15 is 0 Å². The smallest absolute Gasteiger partial charge is 0.323 e. The number of benzene rings is 1. The van der Waals surface area contributed by atoms with E-state index in [9.17, 15) is 9.90 Å². The summed E-state index contributed by atoms with van der Waals surface area (Å²) in [5.41, 5.74) is 5.64. The molecule has 0 saturated carbocycles. The SMILES string of the molecule is C[C@@](N)(Cc1ccc(O)c(-n2ccnc2)c1)C(=O)O. The first-order valence-corrected chi connectivity index (χ1v) is 5.72. The van der Waals surface area contributed by atoms with Crippen LogP contribution >= 0.6 is 0 Å². The molecule has 1 aromatic carbocycles.